The summed E-state index contributed by atoms with van der Waals surface area (Å²) in [6, 6.07) is 1.95. The molecule has 0 amide bonds. The van der Waals surface area contributed by atoms with Crippen molar-refractivity contribution < 1.29 is 4.74 Å². The van der Waals surface area contributed by atoms with Gasteiger partial charge < -0.3 is 10.1 Å². The van der Waals surface area contributed by atoms with Crippen molar-refractivity contribution in [1.29, 1.82) is 0 Å². The van der Waals surface area contributed by atoms with Crippen LogP contribution in [0.25, 0.3) is 0 Å². The van der Waals surface area contributed by atoms with E-state index < -0.39 is 0 Å². The molecule has 17 heavy (non-hydrogen) atoms. The average molecular weight is 240 g/mol. The van der Waals surface area contributed by atoms with Crippen LogP contribution in [0.4, 0.5) is 0 Å². The van der Waals surface area contributed by atoms with Gasteiger partial charge in [0.15, 0.2) is 0 Å². The topological polar surface area (TPSA) is 24.5 Å². The molecule has 1 aliphatic carbocycles. The Labute approximate surface area is 106 Å². The number of rotatable bonds is 3. The second-order valence-corrected chi connectivity index (χ2v) is 5.64. The smallest absolute Gasteiger partial charge is 0.0637 e. The normalized spacial score (nSPS) is 32.6. The third kappa shape index (κ3) is 3.43. The third-order valence-electron chi connectivity index (χ3n) is 4.62. The highest BCUT2D eigenvalue weighted by atomic mass is 16.5. The van der Waals surface area contributed by atoms with E-state index in [0.717, 1.165) is 25.7 Å². The molecule has 1 saturated heterocycles. The van der Waals surface area contributed by atoms with Gasteiger partial charge in [-0.05, 0) is 33.4 Å². The summed E-state index contributed by atoms with van der Waals surface area (Å²) in [5, 5.41) is 3.47. The summed E-state index contributed by atoms with van der Waals surface area (Å²) in [4.78, 5) is 2.60. The molecule has 0 aromatic heterocycles. The van der Waals surface area contributed by atoms with E-state index in [-0.39, 0.29) is 0 Å². The fourth-order valence-corrected chi connectivity index (χ4v) is 3.40. The standard InChI is InChI=1S/C14H28N2O/c1-15-13-9-10-17-11-14(13)16(2)12-7-5-3-4-6-8-12/h12-15H,3-11H2,1-2H3. The Hall–Kier alpha value is -0.120. The van der Waals surface area contributed by atoms with E-state index in [1.807, 2.05) is 0 Å². The Morgan fingerprint density at radius 3 is 2.41 bits per heavy atom. The van der Waals surface area contributed by atoms with Crippen LogP contribution in [0.1, 0.15) is 44.9 Å². The van der Waals surface area contributed by atoms with E-state index in [9.17, 15) is 0 Å². The first-order chi connectivity index (χ1) is 8.33. The molecule has 0 bridgehead atoms. The lowest BCUT2D eigenvalue weighted by Crippen LogP contribution is -2.56. The van der Waals surface area contributed by atoms with Crippen LogP contribution < -0.4 is 5.32 Å². The summed E-state index contributed by atoms with van der Waals surface area (Å²) < 4.78 is 5.68. The number of hydrogen-bond acceptors (Lipinski definition) is 3. The minimum absolute atomic E-state index is 0.567. The van der Waals surface area contributed by atoms with Crippen LogP contribution in [0.2, 0.25) is 0 Å². The average Bonchev–Trinajstić information content (AvgIpc) is 2.66. The summed E-state index contributed by atoms with van der Waals surface area (Å²) in [6.45, 7) is 1.82. The van der Waals surface area contributed by atoms with E-state index in [1.165, 1.54) is 38.5 Å². The minimum atomic E-state index is 0.567. The molecule has 0 spiro atoms. The Morgan fingerprint density at radius 1 is 1.06 bits per heavy atom. The van der Waals surface area contributed by atoms with Gasteiger partial charge in [-0.1, -0.05) is 25.7 Å². The molecular formula is C14H28N2O. The quantitative estimate of drug-likeness (QED) is 0.764. The molecule has 1 aliphatic heterocycles. The molecule has 2 atom stereocenters. The van der Waals surface area contributed by atoms with Crippen LogP contribution >= 0.6 is 0 Å². The van der Waals surface area contributed by atoms with Crippen molar-refractivity contribution in [1.82, 2.24) is 10.2 Å². The number of likely N-dealkylation sites (N-methyl/N-ethyl adjacent to an activating group) is 2. The molecule has 3 nitrogen and oxygen atoms in total. The van der Waals surface area contributed by atoms with Gasteiger partial charge in [0.1, 0.15) is 0 Å². The molecule has 0 aromatic carbocycles. The van der Waals surface area contributed by atoms with Crippen LogP contribution in [0.3, 0.4) is 0 Å². The van der Waals surface area contributed by atoms with Crippen molar-refractivity contribution in [3.63, 3.8) is 0 Å². The molecule has 2 unspecified atom stereocenters. The predicted molar refractivity (Wildman–Crippen MR) is 71.3 cm³/mol. The number of ether oxygens (including phenoxy) is 1. The molecule has 3 heteroatoms. The third-order valence-corrected chi connectivity index (χ3v) is 4.62. The zero-order valence-corrected chi connectivity index (χ0v) is 11.5. The summed E-state index contributed by atoms with van der Waals surface area (Å²) in [7, 11) is 4.39. The lowest BCUT2D eigenvalue weighted by Gasteiger charge is -2.41. The van der Waals surface area contributed by atoms with Gasteiger partial charge in [-0.15, -0.1) is 0 Å². The molecule has 0 radical (unpaired) electrons. The lowest BCUT2D eigenvalue weighted by molar-refractivity contribution is -0.00911. The van der Waals surface area contributed by atoms with E-state index in [4.69, 9.17) is 4.74 Å². The van der Waals surface area contributed by atoms with Crippen molar-refractivity contribution >= 4 is 0 Å². The van der Waals surface area contributed by atoms with Crippen molar-refractivity contribution in [3.05, 3.63) is 0 Å². The molecule has 1 saturated carbocycles. The van der Waals surface area contributed by atoms with Gasteiger partial charge >= 0.3 is 0 Å². The molecule has 2 aliphatic rings. The summed E-state index contributed by atoms with van der Waals surface area (Å²) in [5.41, 5.74) is 0. The van der Waals surface area contributed by atoms with Crippen LogP contribution in [0.5, 0.6) is 0 Å². The van der Waals surface area contributed by atoms with Gasteiger partial charge in [0.2, 0.25) is 0 Å². The highest BCUT2D eigenvalue weighted by molar-refractivity contribution is 4.88. The Morgan fingerprint density at radius 2 is 1.76 bits per heavy atom. The Balaban J connectivity index is 1.93. The van der Waals surface area contributed by atoms with Crippen molar-refractivity contribution in [2.45, 2.75) is 63.1 Å². The number of nitrogens with one attached hydrogen (secondary N) is 1. The second-order valence-electron chi connectivity index (χ2n) is 5.64. The first kappa shape index (κ1) is 13.3. The molecular weight excluding hydrogens is 212 g/mol. The van der Waals surface area contributed by atoms with Gasteiger partial charge in [0.25, 0.3) is 0 Å². The predicted octanol–water partition coefficient (Wildman–Crippen LogP) is 2.02. The van der Waals surface area contributed by atoms with Gasteiger partial charge in [0.05, 0.1) is 6.61 Å². The van der Waals surface area contributed by atoms with Crippen molar-refractivity contribution in [3.8, 4) is 0 Å². The van der Waals surface area contributed by atoms with E-state index >= 15 is 0 Å². The number of hydrogen-bond donors (Lipinski definition) is 1. The molecule has 1 N–H and O–H groups in total. The maximum Gasteiger partial charge on any atom is 0.0637 e. The van der Waals surface area contributed by atoms with Gasteiger partial charge in [0, 0.05) is 24.7 Å². The summed E-state index contributed by atoms with van der Waals surface area (Å²) >= 11 is 0. The first-order valence-electron chi connectivity index (χ1n) is 7.30. The lowest BCUT2D eigenvalue weighted by atomic mass is 9.98. The van der Waals surface area contributed by atoms with E-state index in [2.05, 4.69) is 24.3 Å². The van der Waals surface area contributed by atoms with Gasteiger partial charge in [-0.25, -0.2) is 0 Å². The molecule has 1 heterocycles. The Bertz CT molecular complexity index is 214. The van der Waals surface area contributed by atoms with Crippen LogP contribution in [0, 0.1) is 0 Å². The monoisotopic (exact) mass is 240 g/mol. The highest BCUT2D eigenvalue weighted by Gasteiger charge is 2.31. The Kier molecular flexibility index (Phi) is 5.26. The zero-order valence-electron chi connectivity index (χ0n) is 11.5. The first-order valence-corrected chi connectivity index (χ1v) is 7.30. The maximum absolute atomic E-state index is 5.68. The van der Waals surface area contributed by atoms with E-state index in [0.29, 0.717) is 12.1 Å². The molecule has 0 aromatic rings. The van der Waals surface area contributed by atoms with Crippen LogP contribution in [-0.2, 0) is 4.74 Å². The fraction of sp³-hybridized carbons (Fsp3) is 1.00. The SMILES string of the molecule is CNC1CCOCC1N(C)C1CCCCCC1. The maximum atomic E-state index is 5.68. The zero-order chi connectivity index (χ0) is 12.1. The summed E-state index contributed by atoms with van der Waals surface area (Å²) in [5.74, 6) is 0. The van der Waals surface area contributed by atoms with Gasteiger partial charge in [-0.2, -0.15) is 0 Å². The van der Waals surface area contributed by atoms with Crippen molar-refractivity contribution in [2.24, 2.45) is 0 Å². The van der Waals surface area contributed by atoms with Crippen LogP contribution in [0.15, 0.2) is 0 Å². The number of nitrogens with zero attached hydrogens (tertiary/aromatic N) is 1. The van der Waals surface area contributed by atoms with Crippen molar-refractivity contribution in [2.75, 3.05) is 27.3 Å². The molecule has 2 fully saturated rings. The largest absolute Gasteiger partial charge is 0.380 e. The van der Waals surface area contributed by atoms with E-state index in [1.54, 1.807) is 0 Å². The highest BCUT2D eigenvalue weighted by Crippen LogP contribution is 2.24. The van der Waals surface area contributed by atoms with Crippen LogP contribution in [-0.4, -0.2) is 50.3 Å². The summed E-state index contributed by atoms with van der Waals surface area (Å²) in [6.07, 6.45) is 9.59. The minimum Gasteiger partial charge on any atom is -0.380 e. The second kappa shape index (κ2) is 6.72. The molecule has 2 rings (SSSR count). The van der Waals surface area contributed by atoms with Gasteiger partial charge in [-0.3, -0.25) is 4.90 Å². The fourth-order valence-electron chi connectivity index (χ4n) is 3.40. The molecule has 100 valence electrons.